The number of hydrogen-bond donors (Lipinski definition) is 0. The van der Waals surface area contributed by atoms with Crippen LogP contribution in [0, 0.1) is 0 Å². The molecule has 0 bridgehead atoms. The molecule has 4 nitrogen and oxygen atoms in total. The van der Waals surface area contributed by atoms with E-state index in [1.807, 2.05) is 0 Å². The Balaban J connectivity index is 1.53. The fraction of sp³-hybridized carbons (Fsp3) is 0. The molecule has 0 aliphatic carbocycles. The van der Waals surface area contributed by atoms with E-state index >= 15 is 0 Å². The molecule has 0 spiro atoms. The Morgan fingerprint density at radius 3 is 1.56 bits per heavy atom. The average molecular weight is 551 g/mol. The average Bonchev–Trinajstić information content (AvgIpc) is 3.73. The zero-order chi connectivity index (χ0) is 28.3. The lowest BCUT2D eigenvalue weighted by Crippen LogP contribution is -1.98. The third-order valence-corrected chi connectivity index (χ3v) is 8.44. The molecule has 0 saturated heterocycles. The maximum atomic E-state index is 5.44. The van der Waals surface area contributed by atoms with Gasteiger partial charge in [0.05, 0.1) is 16.6 Å². The number of nitrogens with zero attached hydrogens (tertiary/aromatic N) is 4. The predicted molar refractivity (Wildman–Crippen MR) is 178 cm³/mol. The molecule has 3 aromatic heterocycles. The highest BCUT2D eigenvalue weighted by Crippen LogP contribution is 2.43. The van der Waals surface area contributed by atoms with Crippen LogP contribution in [0.25, 0.3) is 72.3 Å². The second-order valence-electron chi connectivity index (χ2n) is 10.9. The molecule has 9 rings (SSSR count). The van der Waals surface area contributed by atoms with Gasteiger partial charge < -0.3 is 4.57 Å². The predicted octanol–water partition coefficient (Wildman–Crippen LogP) is 9.73. The van der Waals surface area contributed by atoms with Crippen molar-refractivity contribution in [3.8, 4) is 28.5 Å². The maximum Gasteiger partial charge on any atom is 0.165 e. The first-order valence-electron chi connectivity index (χ1n) is 14.6. The lowest BCUT2D eigenvalue weighted by Gasteiger charge is -2.11. The van der Waals surface area contributed by atoms with Crippen LogP contribution in [-0.4, -0.2) is 18.7 Å². The molecular formula is C39H26N4. The molecule has 202 valence electrons. The number of imidazole rings is 1. The van der Waals surface area contributed by atoms with Crippen molar-refractivity contribution in [2.75, 3.05) is 0 Å². The van der Waals surface area contributed by atoms with Crippen molar-refractivity contribution < 1.29 is 0 Å². The van der Waals surface area contributed by atoms with Gasteiger partial charge in [0.2, 0.25) is 0 Å². The minimum atomic E-state index is 0.926. The van der Waals surface area contributed by atoms with Gasteiger partial charge in [-0.1, -0.05) is 103 Å². The van der Waals surface area contributed by atoms with Gasteiger partial charge in [-0.2, -0.15) is 0 Å². The standard InChI is InChI=1S/C39H26N4/c1-5-15-27(16-6-1)38-40-39-37(43(38)30-21-11-4-12-22-30)32-25-26-34-35(36(32)42(39)29-19-9-3-10-20-29)31-23-13-14-24-33(31)41(34)28-17-7-2-8-18-28/h1-26H. The molecular weight excluding hydrogens is 524 g/mol. The highest BCUT2D eigenvalue weighted by Gasteiger charge is 2.26. The Morgan fingerprint density at radius 2 is 0.907 bits per heavy atom. The first-order chi connectivity index (χ1) is 21.4. The lowest BCUT2D eigenvalue weighted by molar-refractivity contribution is 1.10. The number of benzene rings is 6. The largest absolute Gasteiger partial charge is 0.309 e. The van der Waals surface area contributed by atoms with Crippen LogP contribution in [0.15, 0.2) is 158 Å². The molecule has 9 aromatic rings. The molecule has 0 aliphatic rings. The van der Waals surface area contributed by atoms with Crippen molar-refractivity contribution >= 4 is 43.9 Å². The second-order valence-corrected chi connectivity index (χ2v) is 10.9. The van der Waals surface area contributed by atoms with Crippen molar-refractivity contribution in [2.24, 2.45) is 0 Å². The number of aromatic nitrogens is 4. The van der Waals surface area contributed by atoms with Crippen LogP contribution >= 0.6 is 0 Å². The molecule has 43 heavy (non-hydrogen) atoms. The topological polar surface area (TPSA) is 27.7 Å². The molecule has 0 aliphatic heterocycles. The number of fused-ring (bicyclic) bond motifs is 7. The van der Waals surface area contributed by atoms with Crippen LogP contribution in [0.5, 0.6) is 0 Å². The fourth-order valence-electron chi connectivity index (χ4n) is 6.67. The Morgan fingerprint density at radius 1 is 0.372 bits per heavy atom. The third-order valence-electron chi connectivity index (χ3n) is 8.44. The Bertz CT molecular complexity index is 2410. The Hall–Kier alpha value is -5.87. The van der Waals surface area contributed by atoms with E-state index in [0.717, 1.165) is 45.1 Å². The number of hydrogen-bond acceptors (Lipinski definition) is 1. The van der Waals surface area contributed by atoms with Crippen LogP contribution in [-0.2, 0) is 0 Å². The molecule has 0 N–H and O–H groups in total. The fourth-order valence-corrected chi connectivity index (χ4v) is 6.67. The van der Waals surface area contributed by atoms with Crippen molar-refractivity contribution in [2.45, 2.75) is 0 Å². The first kappa shape index (κ1) is 23.8. The Labute approximate surface area is 248 Å². The number of para-hydroxylation sites is 4. The van der Waals surface area contributed by atoms with E-state index in [4.69, 9.17) is 4.98 Å². The smallest absolute Gasteiger partial charge is 0.165 e. The van der Waals surface area contributed by atoms with Gasteiger partial charge in [0.15, 0.2) is 5.65 Å². The molecule has 0 fully saturated rings. The van der Waals surface area contributed by atoms with Crippen molar-refractivity contribution in [1.82, 2.24) is 18.7 Å². The summed E-state index contributed by atoms with van der Waals surface area (Å²) in [5.41, 5.74) is 9.96. The van der Waals surface area contributed by atoms with Crippen LogP contribution in [0.1, 0.15) is 0 Å². The normalized spacial score (nSPS) is 11.7. The van der Waals surface area contributed by atoms with E-state index in [9.17, 15) is 0 Å². The van der Waals surface area contributed by atoms with Crippen LogP contribution in [0.2, 0.25) is 0 Å². The van der Waals surface area contributed by atoms with Crippen LogP contribution < -0.4 is 0 Å². The summed E-state index contributed by atoms with van der Waals surface area (Å²) in [5, 5.41) is 3.61. The lowest BCUT2D eigenvalue weighted by atomic mass is 10.1. The molecule has 0 radical (unpaired) electrons. The monoisotopic (exact) mass is 550 g/mol. The van der Waals surface area contributed by atoms with Crippen molar-refractivity contribution in [3.63, 3.8) is 0 Å². The second kappa shape index (κ2) is 9.33. The van der Waals surface area contributed by atoms with Gasteiger partial charge >= 0.3 is 0 Å². The van der Waals surface area contributed by atoms with Gasteiger partial charge in [0, 0.05) is 38.8 Å². The van der Waals surface area contributed by atoms with E-state index in [1.165, 1.54) is 27.2 Å². The maximum absolute atomic E-state index is 5.44. The zero-order valence-electron chi connectivity index (χ0n) is 23.3. The van der Waals surface area contributed by atoms with E-state index in [0.29, 0.717) is 0 Å². The summed E-state index contributed by atoms with van der Waals surface area (Å²) in [6.45, 7) is 0. The zero-order valence-corrected chi connectivity index (χ0v) is 23.3. The van der Waals surface area contributed by atoms with E-state index < -0.39 is 0 Å². The van der Waals surface area contributed by atoms with Gasteiger partial charge in [-0.15, -0.1) is 0 Å². The van der Waals surface area contributed by atoms with Crippen LogP contribution in [0.4, 0.5) is 0 Å². The third kappa shape index (κ3) is 3.47. The summed E-state index contributed by atoms with van der Waals surface area (Å²) in [7, 11) is 0. The molecule has 3 heterocycles. The number of rotatable bonds is 4. The Kier molecular flexibility index (Phi) is 5.16. The molecule has 0 atom stereocenters. The molecule has 6 aromatic carbocycles. The molecule has 4 heteroatoms. The van der Waals surface area contributed by atoms with Gasteiger partial charge in [-0.25, -0.2) is 4.98 Å². The minimum Gasteiger partial charge on any atom is -0.309 e. The molecule has 0 amide bonds. The van der Waals surface area contributed by atoms with Crippen molar-refractivity contribution in [3.05, 3.63) is 158 Å². The molecule has 0 saturated carbocycles. The summed E-state index contributed by atoms with van der Waals surface area (Å²) in [4.78, 5) is 5.44. The minimum absolute atomic E-state index is 0.926. The van der Waals surface area contributed by atoms with E-state index in [-0.39, 0.29) is 0 Å². The van der Waals surface area contributed by atoms with E-state index in [1.54, 1.807) is 0 Å². The summed E-state index contributed by atoms with van der Waals surface area (Å²) in [5.74, 6) is 0.926. The first-order valence-corrected chi connectivity index (χ1v) is 14.6. The summed E-state index contributed by atoms with van der Waals surface area (Å²) >= 11 is 0. The summed E-state index contributed by atoms with van der Waals surface area (Å²) in [6.07, 6.45) is 0. The van der Waals surface area contributed by atoms with Crippen molar-refractivity contribution in [1.29, 1.82) is 0 Å². The SMILES string of the molecule is c1ccc(-c2nc3c(c4ccc5c(c6ccccc6n5-c5ccccc5)c4n3-c3ccccc3)n2-c2ccccc2)cc1. The summed E-state index contributed by atoms with van der Waals surface area (Å²) < 4.78 is 7.07. The molecule has 0 unspecified atom stereocenters. The van der Waals surface area contributed by atoms with E-state index in [2.05, 4.69) is 171 Å². The quantitative estimate of drug-likeness (QED) is 0.214. The highest BCUT2D eigenvalue weighted by molar-refractivity contribution is 6.25. The van der Waals surface area contributed by atoms with Gasteiger partial charge in [0.25, 0.3) is 0 Å². The van der Waals surface area contributed by atoms with Crippen LogP contribution in [0.3, 0.4) is 0 Å². The van der Waals surface area contributed by atoms with Gasteiger partial charge in [0.1, 0.15) is 11.3 Å². The van der Waals surface area contributed by atoms with Gasteiger partial charge in [-0.3, -0.25) is 9.13 Å². The highest BCUT2D eigenvalue weighted by atomic mass is 15.2. The van der Waals surface area contributed by atoms with Gasteiger partial charge in [-0.05, 0) is 54.6 Å². The summed E-state index contributed by atoms with van der Waals surface area (Å²) in [6, 6.07) is 55.7.